The number of nitrogens with one attached hydrogen (secondary N) is 1. The minimum atomic E-state index is -3.97. The van der Waals surface area contributed by atoms with Crippen molar-refractivity contribution in [3.8, 4) is 22.0 Å². The maximum atomic E-state index is 13.3. The standard InChI is InChI=1S/C20H16ClN3O3S2/c1-27-17-10-9-14(21)12-16(17)23-29(25,26)19-13-24(15-6-3-2-4-7-15)22-20(19)18-8-5-11-28-18/h2-13,23H,1H3. The second kappa shape index (κ2) is 7.90. The quantitative estimate of drug-likeness (QED) is 0.450. The summed E-state index contributed by atoms with van der Waals surface area (Å²) in [6, 6.07) is 17.8. The van der Waals surface area contributed by atoms with E-state index < -0.39 is 10.0 Å². The molecule has 0 spiro atoms. The predicted octanol–water partition coefficient (Wildman–Crippen LogP) is 5.06. The molecule has 0 saturated heterocycles. The van der Waals surface area contributed by atoms with Crippen LogP contribution in [-0.2, 0) is 10.0 Å². The van der Waals surface area contributed by atoms with Crippen molar-refractivity contribution in [2.75, 3.05) is 11.8 Å². The van der Waals surface area contributed by atoms with Gasteiger partial charge >= 0.3 is 0 Å². The van der Waals surface area contributed by atoms with Crippen LogP contribution in [0.4, 0.5) is 5.69 Å². The number of aromatic nitrogens is 2. The third-order valence-electron chi connectivity index (χ3n) is 4.15. The molecule has 1 N–H and O–H groups in total. The summed E-state index contributed by atoms with van der Waals surface area (Å²) in [5.41, 5.74) is 1.38. The van der Waals surface area contributed by atoms with Gasteiger partial charge in [0.15, 0.2) is 0 Å². The average Bonchev–Trinajstić information content (AvgIpc) is 3.39. The van der Waals surface area contributed by atoms with Crippen molar-refractivity contribution in [1.82, 2.24) is 9.78 Å². The summed E-state index contributed by atoms with van der Waals surface area (Å²) in [5.74, 6) is 0.367. The normalized spacial score (nSPS) is 11.4. The van der Waals surface area contributed by atoms with Gasteiger partial charge in [0.1, 0.15) is 16.3 Å². The van der Waals surface area contributed by atoms with Gasteiger partial charge in [0.05, 0.1) is 29.6 Å². The number of hydrogen-bond donors (Lipinski definition) is 1. The molecule has 29 heavy (non-hydrogen) atoms. The number of halogens is 1. The predicted molar refractivity (Wildman–Crippen MR) is 116 cm³/mol. The molecular formula is C20H16ClN3O3S2. The number of hydrogen-bond acceptors (Lipinski definition) is 5. The monoisotopic (exact) mass is 445 g/mol. The average molecular weight is 446 g/mol. The molecule has 0 fully saturated rings. The maximum Gasteiger partial charge on any atom is 0.265 e. The molecular weight excluding hydrogens is 430 g/mol. The smallest absolute Gasteiger partial charge is 0.265 e. The summed E-state index contributed by atoms with van der Waals surface area (Å²) in [6.45, 7) is 0. The van der Waals surface area contributed by atoms with Crippen molar-refractivity contribution in [3.63, 3.8) is 0 Å². The van der Waals surface area contributed by atoms with Crippen molar-refractivity contribution in [3.05, 3.63) is 77.3 Å². The van der Waals surface area contributed by atoms with E-state index in [2.05, 4.69) is 9.82 Å². The molecule has 4 aromatic rings. The van der Waals surface area contributed by atoms with Crippen LogP contribution in [0.5, 0.6) is 5.75 Å². The lowest BCUT2D eigenvalue weighted by Gasteiger charge is -2.12. The summed E-state index contributed by atoms with van der Waals surface area (Å²) in [6.07, 6.45) is 1.50. The lowest BCUT2D eigenvalue weighted by molar-refractivity contribution is 0.417. The number of nitrogens with zero attached hydrogens (tertiary/aromatic N) is 2. The molecule has 0 unspecified atom stereocenters. The first-order valence-corrected chi connectivity index (χ1v) is 11.3. The minimum Gasteiger partial charge on any atom is -0.495 e. The molecule has 0 radical (unpaired) electrons. The molecule has 2 aromatic carbocycles. The van der Waals surface area contributed by atoms with Crippen LogP contribution >= 0.6 is 22.9 Å². The number of thiophene rings is 1. The highest BCUT2D eigenvalue weighted by atomic mass is 35.5. The zero-order chi connectivity index (χ0) is 20.4. The van der Waals surface area contributed by atoms with Gasteiger partial charge in [-0.05, 0) is 41.8 Å². The van der Waals surface area contributed by atoms with Crippen molar-refractivity contribution >= 4 is 38.6 Å². The van der Waals surface area contributed by atoms with Crippen molar-refractivity contribution in [2.24, 2.45) is 0 Å². The Hall–Kier alpha value is -2.81. The van der Waals surface area contributed by atoms with E-state index in [-0.39, 0.29) is 10.6 Å². The Bertz CT molecular complexity index is 1240. The van der Waals surface area contributed by atoms with E-state index in [9.17, 15) is 8.42 Å². The fourth-order valence-electron chi connectivity index (χ4n) is 2.81. The summed E-state index contributed by atoms with van der Waals surface area (Å²) < 4.78 is 36.0. The van der Waals surface area contributed by atoms with Crippen molar-refractivity contribution in [1.29, 1.82) is 0 Å². The Morgan fingerprint density at radius 2 is 1.90 bits per heavy atom. The number of sulfonamides is 1. The van der Waals surface area contributed by atoms with E-state index in [1.807, 2.05) is 47.8 Å². The second-order valence-electron chi connectivity index (χ2n) is 6.05. The summed E-state index contributed by atoms with van der Waals surface area (Å²) in [7, 11) is -2.51. The van der Waals surface area contributed by atoms with Crippen LogP contribution in [-0.4, -0.2) is 25.3 Å². The Morgan fingerprint density at radius 3 is 2.59 bits per heavy atom. The maximum absolute atomic E-state index is 13.3. The molecule has 0 aliphatic carbocycles. The Kier molecular flexibility index (Phi) is 5.31. The Labute approximate surface area is 177 Å². The number of ether oxygens (including phenoxy) is 1. The van der Waals surface area contributed by atoms with Gasteiger partial charge in [0.25, 0.3) is 10.0 Å². The zero-order valence-corrected chi connectivity index (χ0v) is 17.6. The van der Waals surface area contributed by atoms with Crippen LogP contribution in [0.1, 0.15) is 0 Å². The molecule has 0 bridgehead atoms. The molecule has 4 rings (SSSR count). The second-order valence-corrected chi connectivity index (χ2v) is 9.08. The molecule has 0 aliphatic rings. The van der Waals surface area contributed by atoms with Crippen LogP contribution < -0.4 is 9.46 Å². The first-order chi connectivity index (χ1) is 14.0. The van der Waals surface area contributed by atoms with E-state index in [0.29, 0.717) is 16.5 Å². The number of para-hydroxylation sites is 1. The topological polar surface area (TPSA) is 73.2 Å². The summed E-state index contributed by atoms with van der Waals surface area (Å²) in [4.78, 5) is 0.809. The highest BCUT2D eigenvalue weighted by Crippen LogP contribution is 2.34. The lowest BCUT2D eigenvalue weighted by atomic mass is 10.3. The SMILES string of the molecule is COc1ccc(Cl)cc1NS(=O)(=O)c1cn(-c2ccccc2)nc1-c1cccs1. The van der Waals surface area contributed by atoms with E-state index in [1.54, 1.807) is 16.8 Å². The van der Waals surface area contributed by atoms with E-state index >= 15 is 0 Å². The van der Waals surface area contributed by atoms with Gasteiger partial charge < -0.3 is 4.74 Å². The fourth-order valence-corrected chi connectivity index (χ4v) is 4.97. The highest BCUT2D eigenvalue weighted by Gasteiger charge is 2.26. The Morgan fingerprint density at radius 1 is 1.10 bits per heavy atom. The third-order valence-corrected chi connectivity index (χ3v) is 6.63. The van der Waals surface area contributed by atoms with Gasteiger partial charge in [-0.25, -0.2) is 13.1 Å². The molecule has 6 nitrogen and oxygen atoms in total. The van der Waals surface area contributed by atoms with Gasteiger partial charge in [-0.15, -0.1) is 11.3 Å². The summed E-state index contributed by atoms with van der Waals surface area (Å²) >= 11 is 7.46. The van der Waals surface area contributed by atoms with Crippen LogP contribution in [0.25, 0.3) is 16.3 Å². The van der Waals surface area contributed by atoms with Crippen molar-refractivity contribution < 1.29 is 13.2 Å². The molecule has 0 saturated carbocycles. The van der Waals surface area contributed by atoms with Gasteiger partial charge in [-0.1, -0.05) is 35.9 Å². The van der Waals surface area contributed by atoms with Crippen LogP contribution in [0, 0.1) is 0 Å². The number of benzene rings is 2. The molecule has 0 atom stereocenters. The first kappa shape index (κ1) is 19.5. The number of rotatable bonds is 6. The molecule has 2 heterocycles. The van der Waals surface area contributed by atoms with Crippen LogP contribution in [0.3, 0.4) is 0 Å². The minimum absolute atomic E-state index is 0.0610. The number of anilines is 1. The van der Waals surface area contributed by atoms with E-state index in [1.165, 1.54) is 30.7 Å². The van der Waals surface area contributed by atoms with E-state index in [4.69, 9.17) is 16.3 Å². The molecule has 9 heteroatoms. The summed E-state index contributed by atoms with van der Waals surface area (Å²) in [5, 5.41) is 6.81. The Balaban J connectivity index is 1.83. The zero-order valence-electron chi connectivity index (χ0n) is 15.2. The van der Waals surface area contributed by atoms with E-state index in [0.717, 1.165) is 10.6 Å². The van der Waals surface area contributed by atoms with Gasteiger partial charge in [0, 0.05) is 5.02 Å². The molecule has 148 valence electrons. The lowest BCUT2D eigenvalue weighted by Crippen LogP contribution is -2.14. The molecule has 0 amide bonds. The van der Waals surface area contributed by atoms with Crippen LogP contribution in [0.15, 0.2) is 77.1 Å². The number of methoxy groups -OCH3 is 1. The van der Waals surface area contributed by atoms with Crippen molar-refractivity contribution in [2.45, 2.75) is 4.90 Å². The van der Waals surface area contributed by atoms with Gasteiger partial charge in [0.2, 0.25) is 0 Å². The molecule has 0 aliphatic heterocycles. The third kappa shape index (κ3) is 4.00. The fraction of sp³-hybridized carbons (Fsp3) is 0.0500. The first-order valence-electron chi connectivity index (χ1n) is 8.53. The highest BCUT2D eigenvalue weighted by molar-refractivity contribution is 7.92. The van der Waals surface area contributed by atoms with Gasteiger partial charge in [-0.2, -0.15) is 5.10 Å². The largest absolute Gasteiger partial charge is 0.495 e. The van der Waals surface area contributed by atoms with Crippen LogP contribution in [0.2, 0.25) is 5.02 Å². The van der Waals surface area contributed by atoms with Gasteiger partial charge in [-0.3, -0.25) is 4.72 Å². The molecule has 2 aromatic heterocycles.